The zero-order chi connectivity index (χ0) is 22.7. The summed E-state index contributed by atoms with van der Waals surface area (Å²) in [4.78, 5) is 32.7. The number of carboxylic acids is 1. The van der Waals surface area contributed by atoms with Gasteiger partial charge < -0.3 is 19.7 Å². The summed E-state index contributed by atoms with van der Waals surface area (Å²) in [7, 11) is 3.99. The number of aromatic amines is 2. The van der Waals surface area contributed by atoms with E-state index in [9.17, 15) is 9.59 Å². The van der Waals surface area contributed by atoms with Crippen LogP contribution in [-0.4, -0.2) is 68.6 Å². The van der Waals surface area contributed by atoms with Crippen LogP contribution >= 0.6 is 0 Å². The summed E-state index contributed by atoms with van der Waals surface area (Å²) >= 11 is 0. The predicted octanol–water partition coefficient (Wildman–Crippen LogP) is 2.40. The number of fused-ring (bicyclic) bond motifs is 1. The molecule has 0 saturated carbocycles. The van der Waals surface area contributed by atoms with E-state index in [1.807, 2.05) is 32.3 Å². The van der Waals surface area contributed by atoms with Crippen molar-refractivity contribution in [3.63, 3.8) is 0 Å². The highest BCUT2D eigenvalue weighted by Crippen LogP contribution is 2.33. The van der Waals surface area contributed by atoms with Crippen molar-refractivity contribution in [2.45, 2.75) is 6.42 Å². The minimum absolute atomic E-state index is 0.136. The van der Waals surface area contributed by atoms with Gasteiger partial charge in [-0.2, -0.15) is 5.21 Å². The molecule has 2 aromatic carbocycles. The monoisotopic (exact) mass is 434 g/mol. The van der Waals surface area contributed by atoms with Gasteiger partial charge >= 0.3 is 5.97 Å². The standard InChI is InChI=1S/C22H22N6O4/c1-28(2)10-3-11-32-17-12-15(13-4-6-14(7-5-13)22(30)31)8-9-16(17)19-23-20-18(21(29)24-19)25-27-26-20/h4-9,12H,3,10-11H2,1-2H3,(H,30,31)(H2,23,24,25,26,27,29). The van der Waals surface area contributed by atoms with E-state index in [2.05, 4.69) is 30.3 Å². The Morgan fingerprint density at radius 2 is 1.84 bits per heavy atom. The van der Waals surface area contributed by atoms with Crippen LogP contribution in [0.4, 0.5) is 0 Å². The second kappa shape index (κ2) is 8.98. The van der Waals surface area contributed by atoms with Gasteiger partial charge in [0, 0.05) is 6.54 Å². The van der Waals surface area contributed by atoms with Crippen LogP contribution in [0.5, 0.6) is 5.75 Å². The quantitative estimate of drug-likeness (QED) is 0.360. The second-order valence-electron chi connectivity index (χ2n) is 7.51. The van der Waals surface area contributed by atoms with Gasteiger partial charge in [0.05, 0.1) is 17.7 Å². The molecule has 0 amide bonds. The Morgan fingerprint density at radius 1 is 1.09 bits per heavy atom. The van der Waals surface area contributed by atoms with Crippen LogP contribution in [0.3, 0.4) is 0 Å². The molecule has 0 atom stereocenters. The molecule has 10 nitrogen and oxygen atoms in total. The van der Waals surface area contributed by atoms with Gasteiger partial charge in [-0.3, -0.25) is 4.79 Å². The Kier molecular flexibility index (Phi) is 5.95. The van der Waals surface area contributed by atoms with E-state index in [0.717, 1.165) is 24.1 Å². The van der Waals surface area contributed by atoms with E-state index in [-0.39, 0.29) is 16.7 Å². The minimum atomic E-state index is -0.977. The SMILES string of the molecule is CN(C)CCCOc1cc(-c2ccc(C(=O)O)cc2)ccc1-c1nc2n[nH]nc2c(=O)[nH]1. The van der Waals surface area contributed by atoms with E-state index in [4.69, 9.17) is 9.84 Å². The van der Waals surface area contributed by atoms with Gasteiger partial charge in [-0.1, -0.05) is 18.2 Å². The molecule has 2 aromatic heterocycles. The highest BCUT2D eigenvalue weighted by atomic mass is 16.5. The predicted molar refractivity (Wildman–Crippen MR) is 119 cm³/mol. The van der Waals surface area contributed by atoms with Gasteiger partial charge in [-0.25, -0.2) is 9.78 Å². The van der Waals surface area contributed by atoms with E-state index < -0.39 is 11.5 Å². The van der Waals surface area contributed by atoms with Gasteiger partial charge in [0.1, 0.15) is 11.6 Å². The fourth-order valence-corrected chi connectivity index (χ4v) is 3.27. The first-order valence-corrected chi connectivity index (χ1v) is 9.99. The molecule has 10 heteroatoms. The van der Waals surface area contributed by atoms with Crippen LogP contribution in [0.15, 0.2) is 47.3 Å². The third-order valence-electron chi connectivity index (χ3n) is 4.90. The third-order valence-corrected chi connectivity index (χ3v) is 4.90. The summed E-state index contributed by atoms with van der Waals surface area (Å²) in [6.45, 7) is 1.34. The molecule has 164 valence electrons. The third kappa shape index (κ3) is 4.49. The lowest BCUT2D eigenvalue weighted by atomic mass is 10.0. The normalized spacial score (nSPS) is 11.2. The Bertz CT molecular complexity index is 1310. The fraction of sp³-hybridized carbons (Fsp3) is 0.227. The lowest BCUT2D eigenvalue weighted by Gasteiger charge is -2.14. The summed E-state index contributed by atoms with van der Waals surface area (Å²) in [5.41, 5.74) is 2.47. The number of hydrogen-bond donors (Lipinski definition) is 3. The van der Waals surface area contributed by atoms with Crippen molar-refractivity contribution in [2.24, 2.45) is 0 Å². The maximum absolute atomic E-state index is 12.3. The smallest absolute Gasteiger partial charge is 0.335 e. The molecule has 0 spiro atoms. The summed E-state index contributed by atoms with van der Waals surface area (Å²) in [5, 5.41) is 19.3. The number of rotatable bonds is 8. The van der Waals surface area contributed by atoms with E-state index >= 15 is 0 Å². The first-order valence-electron chi connectivity index (χ1n) is 9.99. The maximum Gasteiger partial charge on any atom is 0.335 e. The molecule has 2 heterocycles. The van der Waals surface area contributed by atoms with Crippen LogP contribution < -0.4 is 10.3 Å². The molecular weight excluding hydrogens is 412 g/mol. The van der Waals surface area contributed by atoms with Crippen molar-refractivity contribution in [2.75, 3.05) is 27.2 Å². The average molecular weight is 434 g/mol. The molecule has 4 rings (SSSR count). The molecule has 0 bridgehead atoms. The van der Waals surface area contributed by atoms with Crippen molar-refractivity contribution in [3.05, 3.63) is 58.4 Å². The topological polar surface area (TPSA) is 137 Å². The van der Waals surface area contributed by atoms with Crippen molar-refractivity contribution < 1.29 is 14.6 Å². The zero-order valence-corrected chi connectivity index (χ0v) is 17.6. The molecule has 3 N–H and O–H groups in total. The van der Waals surface area contributed by atoms with Gasteiger partial charge in [-0.15, -0.1) is 10.2 Å². The summed E-state index contributed by atoms with van der Waals surface area (Å²) in [5.74, 6) is -0.101. The number of carbonyl (C=O) groups is 1. The minimum Gasteiger partial charge on any atom is -0.493 e. The summed E-state index contributed by atoms with van der Waals surface area (Å²) < 4.78 is 6.07. The molecule has 0 radical (unpaired) electrons. The molecular formula is C22H22N6O4. The van der Waals surface area contributed by atoms with Crippen LogP contribution in [0, 0.1) is 0 Å². The number of ether oxygens (including phenoxy) is 1. The number of nitrogens with one attached hydrogen (secondary N) is 2. The first-order chi connectivity index (χ1) is 15.4. The van der Waals surface area contributed by atoms with Crippen molar-refractivity contribution >= 4 is 17.1 Å². The fourth-order valence-electron chi connectivity index (χ4n) is 3.27. The van der Waals surface area contributed by atoms with Crippen LogP contribution in [-0.2, 0) is 0 Å². The number of benzene rings is 2. The number of aromatic carboxylic acids is 1. The molecule has 4 aromatic rings. The summed E-state index contributed by atoms with van der Waals surface area (Å²) in [6.07, 6.45) is 0.816. The summed E-state index contributed by atoms with van der Waals surface area (Å²) in [6, 6.07) is 12.1. The number of hydrogen-bond acceptors (Lipinski definition) is 7. The number of nitrogens with zero attached hydrogens (tertiary/aromatic N) is 4. The van der Waals surface area contributed by atoms with Crippen molar-refractivity contribution in [1.82, 2.24) is 30.3 Å². The number of aromatic nitrogens is 5. The molecule has 0 aliphatic heterocycles. The van der Waals surface area contributed by atoms with Crippen LogP contribution in [0.2, 0.25) is 0 Å². The largest absolute Gasteiger partial charge is 0.493 e. The first kappa shape index (κ1) is 21.2. The zero-order valence-electron chi connectivity index (χ0n) is 17.6. The molecule has 0 aliphatic rings. The van der Waals surface area contributed by atoms with Gasteiger partial charge in [0.2, 0.25) is 5.65 Å². The molecule has 32 heavy (non-hydrogen) atoms. The molecule has 0 unspecified atom stereocenters. The van der Waals surface area contributed by atoms with Crippen molar-refractivity contribution in [3.8, 4) is 28.3 Å². The Hall–Kier alpha value is -4.05. The number of H-pyrrole nitrogens is 2. The highest BCUT2D eigenvalue weighted by Gasteiger charge is 2.15. The Balaban J connectivity index is 1.72. The van der Waals surface area contributed by atoms with E-state index in [0.29, 0.717) is 23.7 Å². The molecule has 0 aliphatic carbocycles. The van der Waals surface area contributed by atoms with E-state index in [1.165, 1.54) is 0 Å². The lowest BCUT2D eigenvalue weighted by Crippen LogP contribution is -2.16. The average Bonchev–Trinajstić information content (AvgIpc) is 3.26. The van der Waals surface area contributed by atoms with E-state index in [1.54, 1.807) is 24.3 Å². The van der Waals surface area contributed by atoms with Crippen LogP contribution in [0.25, 0.3) is 33.7 Å². The Morgan fingerprint density at radius 3 is 2.56 bits per heavy atom. The number of carboxylic acid groups (broad SMARTS) is 1. The van der Waals surface area contributed by atoms with Gasteiger partial charge in [0.15, 0.2) is 5.52 Å². The second-order valence-corrected chi connectivity index (χ2v) is 7.51. The van der Waals surface area contributed by atoms with Gasteiger partial charge in [-0.05, 0) is 55.9 Å². The highest BCUT2D eigenvalue weighted by molar-refractivity contribution is 5.88. The Labute approximate surface area is 182 Å². The molecule has 0 fully saturated rings. The van der Waals surface area contributed by atoms with Crippen LogP contribution in [0.1, 0.15) is 16.8 Å². The lowest BCUT2D eigenvalue weighted by molar-refractivity contribution is 0.0697. The molecule has 0 saturated heterocycles. The van der Waals surface area contributed by atoms with Crippen molar-refractivity contribution in [1.29, 1.82) is 0 Å². The maximum atomic E-state index is 12.3. The van der Waals surface area contributed by atoms with Gasteiger partial charge in [0.25, 0.3) is 5.56 Å².